The van der Waals surface area contributed by atoms with Crippen LogP contribution >= 0.6 is 11.8 Å². The van der Waals surface area contributed by atoms with Gasteiger partial charge < -0.3 is 19.5 Å². The average molecular weight is 417 g/mol. The van der Waals surface area contributed by atoms with E-state index in [0.717, 1.165) is 40.1 Å². The Labute approximate surface area is 176 Å². The molecule has 1 saturated heterocycles. The second-order valence-electron chi connectivity index (χ2n) is 6.43. The number of aliphatic imine (C=N–C) groups is 1. The number of nitrogens with zero attached hydrogens (tertiary/aromatic N) is 1. The molecule has 1 fully saturated rings. The zero-order valence-corrected chi connectivity index (χ0v) is 18.0. The minimum atomic E-state index is -0.0363. The highest BCUT2D eigenvalue weighted by atomic mass is 32.2. The number of hydrogen-bond donors (Lipinski definition) is 3. The van der Waals surface area contributed by atoms with Crippen molar-refractivity contribution in [3.05, 3.63) is 48.0 Å². The Balaban J connectivity index is 1.64. The molecule has 1 heterocycles. The minimum absolute atomic E-state index is 0.0363. The van der Waals surface area contributed by atoms with Crippen LogP contribution < -0.4 is 30.4 Å². The van der Waals surface area contributed by atoms with E-state index in [9.17, 15) is 0 Å². The van der Waals surface area contributed by atoms with Crippen molar-refractivity contribution in [2.45, 2.75) is 25.6 Å². The second kappa shape index (κ2) is 10.4. The van der Waals surface area contributed by atoms with Crippen LogP contribution in [-0.4, -0.2) is 38.4 Å². The SMILES string of the molecule is CCOc1ccc(N/C(=N/C2CC(c3ccc(OC)c(OC)c3)NN2)SC)cc1. The Morgan fingerprint density at radius 3 is 2.52 bits per heavy atom. The Hall–Kier alpha value is -2.42. The molecule has 3 N–H and O–H groups in total. The highest BCUT2D eigenvalue weighted by molar-refractivity contribution is 8.13. The Morgan fingerprint density at radius 1 is 1.10 bits per heavy atom. The fraction of sp³-hybridized carbons (Fsp3) is 0.381. The summed E-state index contributed by atoms with van der Waals surface area (Å²) in [4.78, 5) is 4.81. The maximum atomic E-state index is 5.49. The van der Waals surface area contributed by atoms with Crippen LogP contribution in [0.15, 0.2) is 47.5 Å². The summed E-state index contributed by atoms with van der Waals surface area (Å²) in [7, 11) is 3.28. The first-order chi connectivity index (χ1) is 14.2. The number of rotatable bonds is 7. The minimum Gasteiger partial charge on any atom is -0.494 e. The van der Waals surface area contributed by atoms with Gasteiger partial charge in [-0.15, -0.1) is 0 Å². The van der Waals surface area contributed by atoms with Gasteiger partial charge in [0.25, 0.3) is 0 Å². The summed E-state index contributed by atoms with van der Waals surface area (Å²) in [5.74, 6) is 2.31. The summed E-state index contributed by atoms with van der Waals surface area (Å²) in [5, 5.41) is 4.21. The monoisotopic (exact) mass is 416 g/mol. The Morgan fingerprint density at radius 2 is 1.86 bits per heavy atom. The maximum absolute atomic E-state index is 5.49. The summed E-state index contributed by atoms with van der Waals surface area (Å²) in [5.41, 5.74) is 8.68. The fourth-order valence-corrected chi connectivity index (χ4v) is 3.57. The van der Waals surface area contributed by atoms with Gasteiger partial charge in [0.05, 0.1) is 20.8 Å². The zero-order chi connectivity index (χ0) is 20.6. The van der Waals surface area contributed by atoms with Crippen LogP contribution in [0, 0.1) is 0 Å². The standard InChI is InChI=1S/C21H28N4O3S/c1-5-28-16-9-7-15(8-10-16)22-21(29-4)23-20-13-17(24-25-20)14-6-11-18(26-2)19(12-14)27-3/h6-12,17,20,24-25H,5,13H2,1-4H3,(H,22,23). The van der Waals surface area contributed by atoms with Crippen molar-refractivity contribution < 1.29 is 14.2 Å². The molecule has 29 heavy (non-hydrogen) atoms. The van der Waals surface area contributed by atoms with Crippen molar-refractivity contribution in [2.24, 2.45) is 4.99 Å². The molecule has 0 amide bonds. The van der Waals surface area contributed by atoms with Crippen molar-refractivity contribution in [3.63, 3.8) is 0 Å². The molecule has 1 aliphatic rings. The molecule has 1 aliphatic heterocycles. The van der Waals surface area contributed by atoms with Gasteiger partial charge in [-0.2, -0.15) is 0 Å². The number of nitrogens with one attached hydrogen (secondary N) is 3. The number of anilines is 1. The third kappa shape index (κ3) is 5.56. The number of hydrazine groups is 1. The van der Waals surface area contributed by atoms with E-state index in [0.29, 0.717) is 6.61 Å². The average Bonchev–Trinajstić information content (AvgIpc) is 3.22. The molecule has 0 aromatic heterocycles. The van der Waals surface area contributed by atoms with Crippen LogP contribution in [0.25, 0.3) is 0 Å². The molecule has 8 heteroatoms. The third-order valence-corrected chi connectivity index (χ3v) is 5.17. The van der Waals surface area contributed by atoms with Crippen molar-refractivity contribution in [3.8, 4) is 17.2 Å². The highest BCUT2D eigenvalue weighted by Gasteiger charge is 2.25. The molecular formula is C21H28N4O3S. The predicted molar refractivity (Wildman–Crippen MR) is 119 cm³/mol. The fourth-order valence-electron chi connectivity index (χ4n) is 3.11. The Bertz CT molecular complexity index is 829. The summed E-state index contributed by atoms with van der Waals surface area (Å²) in [6.07, 6.45) is 2.80. The molecular weight excluding hydrogens is 388 g/mol. The topological polar surface area (TPSA) is 76.1 Å². The summed E-state index contributed by atoms with van der Waals surface area (Å²) in [6.45, 7) is 2.63. The van der Waals surface area contributed by atoms with E-state index in [-0.39, 0.29) is 12.2 Å². The highest BCUT2D eigenvalue weighted by Crippen LogP contribution is 2.32. The van der Waals surface area contributed by atoms with Crippen LogP contribution in [0.4, 0.5) is 5.69 Å². The van der Waals surface area contributed by atoms with Gasteiger partial charge in [-0.1, -0.05) is 17.8 Å². The summed E-state index contributed by atoms with van der Waals surface area (Å²) < 4.78 is 16.2. The van der Waals surface area contributed by atoms with Crippen molar-refractivity contribution in [1.29, 1.82) is 0 Å². The molecule has 2 atom stereocenters. The van der Waals surface area contributed by atoms with Crippen LogP contribution in [-0.2, 0) is 0 Å². The Kier molecular flexibility index (Phi) is 7.62. The number of amidine groups is 1. The molecule has 7 nitrogen and oxygen atoms in total. The van der Waals surface area contributed by atoms with Crippen LogP contribution in [0.1, 0.15) is 24.9 Å². The first kappa shape index (κ1) is 21.3. The van der Waals surface area contributed by atoms with Crippen molar-refractivity contribution in [2.75, 3.05) is 32.4 Å². The van der Waals surface area contributed by atoms with E-state index in [1.54, 1.807) is 26.0 Å². The van der Waals surface area contributed by atoms with Gasteiger partial charge in [0.2, 0.25) is 0 Å². The van der Waals surface area contributed by atoms with Gasteiger partial charge in [0, 0.05) is 18.2 Å². The summed E-state index contributed by atoms with van der Waals surface area (Å²) >= 11 is 1.58. The number of hydrogen-bond acceptors (Lipinski definition) is 7. The predicted octanol–water partition coefficient (Wildman–Crippen LogP) is 3.80. The molecule has 3 rings (SSSR count). The van der Waals surface area contributed by atoms with Crippen molar-refractivity contribution in [1.82, 2.24) is 10.9 Å². The lowest BCUT2D eigenvalue weighted by atomic mass is 10.0. The second-order valence-corrected chi connectivity index (χ2v) is 7.22. The lowest BCUT2D eigenvalue weighted by Gasteiger charge is -2.13. The number of thioether (sulfide) groups is 1. The van der Waals surface area contributed by atoms with Gasteiger partial charge in [0.1, 0.15) is 11.9 Å². The van der Waals surface area contributed by atoms with Gasteiger partial charge in [-0.3, -0.25) is 0 Å². The quantitative estimate of drug-likeness (QED) is 0.468. The molecule has 2 aromatic rings. The van der Waals surface area contributed by atoms with Gasteiger partial charge in [-0.05, 0) is 55.1 Å². The van der Waals surface area contributed by atoms with E-state index in [4.69, 9.17) is 19.2 Å². The molecule has 2 aromatic carbocycles. The number of ether oxygens (including phenoxy) is 3. The zero-order valence-electron chi connectivity index (χ0n) is 17.2. The molecule has 0 saturated carbocycles. The lowest BCUT2D eigenvalue weighted by Crippen LogP contribution is -2.30. The third-order valence-electron chi connectivity index (χ3n) is 4.58. The van der Waals surface area contributed by atoms with Gasteiger partial charge in [-0.25, -0.2) is 15.8 Å². The van der Waals surface area contributed by atoms with Crippen LogP contribution in [0.2, 0.25) is 0 Å². The molecule has 2 unspecified atom stereocenters. The lowest BCUT2D eigenvalue weighted by molar-refractivity contribution is 0.340. The van der Waals surface area contributed by atoms with E-state index in [1.807, 2.05) is 55.6 Å². The molecule has 0 bridgehead atoms. The normalized spacial score (nSPS) is 19.1. The molecule has 0 aliphatic carbocycles. The molecule has 0 radical (unpaired) electrons. The summed E-state index contributed by atoms with van der Waals surface area (Å²) in [6, 6.07) is 14.0. The number of methoxy groups -OCH3 is 2. The van der Waals surface area contributed by atoms with E-state index < -0.39 is 0 Å². The maximum Gasteiger partial charge on any atom is 0.162 e. The molecule has 156 valence electrons. The van der Waals surface area contributed by atoms with Crippen LogP contribution in [0.3, 0.4) is 0 Å². The largest absolute Gasteiger partial charge is 0.494 e. The first-order valence-electron chi connectivity index (χ1n) is 9.51. The van der Waals surface area contributed by atoms with Gasteiger partial charge in [0.15, 0.2) is 16.7 Å². The molecule has 0 spiro atoms. The van der Waals surface area contributed by atoms with Crippen LogP contribution in [0.5, 0.6) is 17.2 Å². The van der Waals surface area contributed by atoms with Gasteiger partial charge >= 0.3 is 0 Å². The van der Waals surface area contributed by atoms with E-state index in [2.05, 4.69) is 16.2 Å². The number of benzene rings is 2. The van der Waals surface area contributed by atoms with E-state index in [1.165, 1.54) is 0 Å². The van der Waals surface area contributed by atoms with E-state index >= 15 is 0 Å². The first-order valence-corrected chi connectivity index (χ1v) is 10.7. The van der Waals surface area contributed by atoms with Crippen molar-refractivity contribution >= 4 is 22.6 Å². The smallest absolute Gasteiger partial charge is 0.162 e.